The predicted octanol–water partition coefficient (Wildman–Crippen LogP) is 2.81. The predicted molar refractivity (Wildman–Crippen MR) is 59.4 cm³/mol. The summed E-state index contributed by atoms with van der Waals surface area (Å²) in [5, 5.41) is 0. The molecular formula is C12H13ClO. The highest BCUT2D eigenvalue weighted by Gasteiger charge is 1.90. The minimum atomic E-state index is 0.592. The van der Waals surface area contributed by atoms with Gasteiger partial charge in [-0.15, -0.1) is 11.6 Å². The van der Waals surface area contributed by atoms with E-state index in [1.54, 1.807) is 7.11 Å². The van der Waals surface area contributed by atoms with E-state index in [0.29, 0.717) is 12.5 Å². The van der Waals surface area contributed by atoms with E-state index in [1.807, 2.05) is 24.3 Å². The van der Waals surface area contributed by atoms with Crippen LogP contribution in [0, 0.1) is 11.8 Å². The van der Waals surface area contributed by atoms with Gasteiger partial charge in [0.1, 0.15) is 0 Å². The van der Waals surface area contributed by atoms with Gasteiger partial charge in [-0.2, -0.15) is 0 Å². The number of methoxy groups -OCH3 is 1. The molecule has 0 atom stereocenters. The van der Waals surface area contributed by atoms with Crippen LogP contribution in [-0.4, -0.2) is 13.0 Å². The SMILES string of the molecule is COCc1ccc(C#CCCCl)cc1. The van der Waals surface area contributed by atoms with Crippen molar-refractivity contribution in [3.05, 3.63) is 35.4 Å². The second-order valence-electron chi connectivity index (χ2n) is 2.87. The summed E-state index contributed by atoms with van der Waals surface area (Å²) in [7, 11) is 1.69. The van der Waals surface area contributed by atoms with Crippen LogP contribution in [0.2, 0.25) is 0 Å². The first kappa shape index (κ1) is 11.1. The van der Waals surface area contributed by atoms with Crippen molar-refractivity contribution < 1.29 is 4.74 Å². The topological polar surface area (TPSA) is 9.23 Å². The fourth-order valence-corrected chi connectivity index (χ4v) is 1.16. The van der Waals surface area contributed by atoms with Crippen LogP contribution in [0.5, 0.6) is 0 Å². The third-order valence-corrected chi connectivity index (χ3v) is 1.91. The zero-order valence-electron chi connectivity index (χ0n) is 8.22. The number of hydrogen-bond acceptors (Lipinski definition) is 1. The van der Waals surface area contributed by atoms with Crippen LogP contribution in [0.25, 0.3) is 0 Å². The van der Waals surface area contributed by atoms with Crippen molar-refractivity contribution in [1.29, 1.82) is 0 Å². The molecule has 14 heavy (non-hydrogen) atoms. The van der Waals surface area contributed by atoms with Gasteiger partial charge in [0.2, 0.25) is 0 Å². The molecule has 0 unspecified atom stereocenters. The number of ether oxygens (including phenoxy) is 1. The van der Waals surface area contributed by atoms with Crippen LogP contribution in [-0.2, 0) is 11.3 Å². The summed E-state index contributed by atoms with van der Waals surface area (Å²) in [6.07, 6.45) is 0.737. The molecule has 1 nitrogen and oxygen atoms in total. The molecule has 0 aliphatic carbocycles. The average Bonchev–Trinajstić information content (AvgIpc) is 2.21. The van der Waals surface area contributed by atoms with Gasteiger partial charge in [-0.1, -0.05) is 24.0 Å². The zero-order chi connectivity index (χ0) is 10.2. The van der Waals surface area contributed by atoms with Gasteiger partial charge in [-0.05, 0) is 17.7 Å². The van der Waals surface area contributed by atoms with Crippen LogP contribution < -0.4 is 0 Å². The highest BCUT2D eigenvalue weighted by atomic mass is 35.5. The lowest BCUT2D eigenvalue weighted by Gasteiger charge is -1.98. The summed E-state index contributed by atoms with van der Waals surface area (Å²) >= 11 is 5.52. The van der Waals surface area contributed by atoms with Gasteiger partial charge in [0, 0.05) is 25.0 Å². The van der Waals surface area contributed by atoms with E-state index in [0.717, 1.165) is 17.5 Å². The van der Waals surface area contributed by atoms with Gasteiger partial charge in [-0.25, -0.2) is 0 Å². The summed E-state index contributed by atoms with van der Waals surface area (Å²) in [6, 6.07) is 8.04. The van der Waals surface area contributed by atoms with Gasteiger partial charge in [0.25, 0.3) is 0 Å². The molecular weight excluding hydrogens is 196 g/mol. The molecule has 0 amide bonds. The Morgan fingerprint density at radius 1 is 1.29 bits per heavy atom. The van der Waals surface area contributed by atoms with Gasteiger partial charge >= 0.3 is 0 Å². The van der Waals surface area contributed by atoms with E-state index in [1.165, 1.54) is 0 Å². The van der Waals surface area contributed by atoms with Gasteiger partial charge in [0.15, 0.2) is 0 Å². The first-order valence-electron chi connectivity index (χ1n) is 4.49. The second-order valence-corrected chi connectivity index (χ2v) is 3.25. The van der Waals surface area contributed by atoms with Crippen LogP contribution in [0.3, 0.4) is 0 Å². The van der Waals surface area contributed by atoms with Crippen molar-refractivity contribution >= 4 is 11.6 Å². The van der Waals surface area contributed by atoms with Crippen molar-refractivity contribution in [3.63, 3.8) is 0 Å². The number of halogens is 1. The third-order valence-electron chi connectivity index (χ3n) is 1.72. The molecule has 0 N–H and O–H groups in total. The standard InChI is InChI=1S/C12H13ClO/c1-14-10-12-7-5-11(6-8-12)4-2-3-9-13/h5-8H,3,9-10H2,1H3. The van der Waals surface area contributed by atoms with Gasteiger partial charge in [-0.3, -0.25) is 0 Å². The molecule has 0 bridgehead atoms. The Hall–Kier alpha value is -0.970. The second kappa shape index (κ2) is 6.48. The highest BCUT2D eigenvalue weighted by Crippen LogP contribution is 2.04. The van der Waals surface area contributed by atoms with Crippen molar-refractivity contribution in [2.45, 2.75) is 13.0 Å². The van der Waals surface area contributed by atoms with Crippen LogP contribution >= 0.6 is 11.6 Å². The quantitative estimate of drug-likeness (QED) is 0.548. The number of hydrogen-bond donors (Lipinski definition) is 0. The van der Waals surface area contributed by atoms with Crippen molar-refractivity contribution in [1.82, 2.24) is 0 Å². The van der Waals surface area contributed by atoms with Crippen LogP contribution in [0.1, 0.15) is 17.5 Å². The Kier molecular flexibility index (Phi) is 5.14. The summed E-state index contributed by atoms with van der Waals surface area (Å²) in [5.74, 6) is 6.62. The largest absolute Gasteiger partial charge is 0.380 e. The fraction of sp³-hybridized carbons (Fsp3) is 0.333. The van der Waals surface area contributed by atoms with Crippen molar-refractivity contribution in [3.8, 4) is 11.8 Å². The maximum absolute atomic E-state index is 5.52. The summed E-state index contributed by atoms with van der Waals surface area (Å²) in [5.41, 5.74) is 2.19. The molecule has 0 aliphatic heterocycles. The van der Waals surface area contributed by atoms with E-state index >= 15 is 0 Å². The van der Waals surface area contributed by atoms with Crippen LogP contribution in [0.4, 0.5) is 0 Å². The molecule has 0 saturated carbocycles. The van der Waals surface area contributed by atoms with Gasteiger partial charge < -0.3 is 4.74 Å². The highest BCUT2D eigenvalue weighted by molar-refractivity contribution is 6.18. The Labute approximate surface area is 90.0 Å². The van der Waals surface area contributed by atoms with E-state index in [2.05, 4.69) is 11.8 Å². The Bertz CT molecular complexity index is 318. The molecule has 1 aromatic carbocycles. The lowest BCUT2D eigenvalue weighted by Crippen LogP contribution is -1.86. The lowest BCUT2D eigenvalue weighted by atomic mass is 10.1. The first-order valence-corrected chi connectivity index (χ1v) is 5.03. The molecule has 0 radical (unpaired) electrons. The normalized spacial score (nSPS) is 9.29. The molecule has 1 aromatic rings. The molecule has 0 fully saturated rings. The Morgan fingerprint density at radius 3 is 2.57 bits per heavy atom. The Balaban J connectivity index is 2.60. The van der Waals surface area contributed by atoms with E-state index < -0.39 is 0 Å². The minimum absolute atomic E-state index is 0.592. The molecule has 0 saturated heterocycles. The summed E-state index contributed by atoms with van der Waals surface area (Å²) in [4.78, 5) is 0. The fourth-order valence-electron chi connectivity index (χ4n) is 1.06. The van der Waals surface area contributed by atoms with Gasteiger partial charge in [0.05, 0.1) is 6.61 Å². The third kappa shape index (κ3) is 3.83. The first-order chi connectivity index (χ1) is 6.86. The summed E-state index contributed by atoms with van der Waals surface area (Å²) < 4.78 is 5.01. The minimum Gasteiger partial charge on any atom is -0.380 e. The Morgan fingerprint density at radius 2 is 2.00 bits per heavy atom. The smallest absolute Gasteiger partial charge is 0.0713 e. The van der Waals surface area contributed by atoms with E-state index in [9.17, 15) is 0 Å². The molecule has 74 valence electrons. The average molecular weight is 209 g/mol. The summed E-state index contributed by atoms with van der Waals surface area (Å²) in [6.45, 7) is 0.648. The number of benzene rings is 1. The molecule has 0 aliphatic rings. The number of rotatable bonds is 3. The zero-order valence-corrected chi connectivity index (χ0v) is 8.97. The molecule has 1 rings (SSSR count). The van der Waals surface area contributed by atoms with Crippen LogP contribution in [0.15, 0.2) is 24.3 Å². The van der Waals surface area contributed by atoms with Crippen molar-refractivity contribution in [2.24, 2.45) is 0 Å². The number of alkyl halides is 1. The lowest BCUT2D eigenvalue weighted by molar-refractivity contribution is 0.185. The molecule has 0 spiro atoms. The van der Waals surface area contributed by atoms with Crippen molar-refractivity contribution in [2.75, 3.05) is 13.0 Å². The maximum Gasteiger partial charge on any atom is 0.0713 e. The van der Waals surface area contributed by atoms with E-state index in [4.69, 9.17) is 16.3 Å². The van der Waals surface area contributed by atoms with E-state index in [-0.39, 0.29) is 0 Å². The molecule has 2 heteroatoms. The molecule has 0 aromatic heterocycles. The monoisotopic (exact) mass is 208 g/mol. The molecule has 0 heterocycles. The maximum atomic E-state index is 5.52.